The maximum Gasteiger partial charge on any atom is 0.324 e. The maximum atomic E-state index is 13.9. The first-order valence-electron chi connectivity index (χ1n) is 7.88. The quantitative estimate of drug-likeness (QED) is 0.758. The lowest BCUT2D eigenvalue weighted by atomic mass is 10.3. The van der Waals surface area contributed by atoms with Gasteiger partial charge < -0.3 is 5.32 Å². The molecule has 3 aromatic rings. The highest BCUT2D eigenvalue weighted by Gasteiger charge is 2.14. The van der Waals surface area contributed by atoms with Crippen LogP contribution in [0.4, 0.5) is 20.7 Å². The normalized spacial score (nSPS) is 10.9. The van der Waals surface area contributed by atoms with Gasteiger partial charge in [-0.15, -0.1) is 0 Å². The van der Waals surface area contributed by atoms with Crippen LogP contribution in [-0.2, 0) is 0 Å². The van der Waals surface area contributed by atoms with Gasteiger partial charge in [-0.25, -0.2) is 18.5 Å². The number of hydrogen-bond acceptors (Lipinski definition) is 3. The number of nitrogens with zero attached hydrogens (tertiary/aromatic N) is 4. The number of urea groups is 1. The molecule has 0 unspecified atom stereocenters. The number of halogens is 1. The molecule has 0 saturated carbocycles. The Hall–Kier alpha value is -3.16. The first-order chi connectivity index (χ1) is 12.0. The Labute approximate surface area is 144 Å². The maximum absolute atomic E-state index is 13.9. The van der Waals surface area contributed by atoms with Crippen molar-refractivity contribution in [2.75, 3.05) is 10.6 Å². The zero-order chi connectivity index (χ0) is 18.0. The Bertz CT molecular complexity index is 898. The third-order valence-corrected chi connectivity index (χ3v) is 3.74. The van der Waals surface area contributed by atoms with E-state index in [9.17, 15) is 9.18 Å². The molecule has 2 aromatic heterocycles. The fourth-order valence-corrected chi connectivity index (χ4v) is 2.49. The van der Waals surface area contributed by atoms with Crippen molar-refractivity contribution in [3.05, 3.63) is 54.2 Å². The van der Waals surface area contributed by atoms with Crippen LogP contribution in [0.3, 0.4) is 0 Å². The molecule has 25 heavy (non-hydrogen) atoms. The summed E-state index contributed by atoms with van der Waals surface area (Å²) in [6.45, 7) is 5.70. The lowest BCUT2D eigenvalue weighted by Crippen LogP contribution is -2.22. The number of para-hydroxylation sites is 1. The van der Waals surface area contributed by atoms with Crippen molar-refractivity contribution in [2.24, 2.45) is 0 Å². The number of anilines is 2. The molecule has 0 saturated heterocycles. The number of carbonyl (C=O) groups is 1. The topological polar surface area (TPSA) is 76.8 Å². The first kappa shape index (κ1) is 16.7. The van der Waals surface area contributed by atoms with E-state index in [1.54, 1.807) is 42.1 Å². The van der Waals surface area contributed by atoms with Crippen molar-refractivity contribution in [1.82, 2.24) is 19.6 Å². The summed E-state index contributed by atoms with van der Waals surface area (Å²) < 4.78 is 17.1. The van der Waals surface area contributed by atoms with E-state index in [-0.39, 0.29) is 11.9 Å². The molecule has 7 nitrogen and oxygen atoms in total. The smallest absolute Gasteiger partial charge is 0.305 e. The van der Waals surface area contributed by atoms with Crippen LogP contribution in [0.25, 0.3) is 5.69 Å². The number of amides is 2. The summed E-state index contributed by atoms with van der Waals surface area (Å²) in [6, 6.07) is 7.75. The number of benzene rings is 1. The van der Waals surface area contributed by atoms with E-state index in [4.69, 9.17) is 0 Å². The molecular formula is C17H19FN6O. The third-order valence-electron chi connectivity index (χ3n) is 3.74. The van der Waals surface area contributed by atoms with Crippen LogP contribution in [0.15, 0.2) is 42.7 Å². The molecule has 3 rings (SSSR count). The van der Waals surface area contributed by atoms with Gasteiger partial charge >= 0.3 is 6.03 Å². The number of nitrogens with one attached hydrogen (secondary N) is 2. The zero-order valence-electron chi connectivity index (χ0n) is 14.2. The van der Waals surface area contributed by atoms with Gasteiger partial charge in [-0.3, -0.25) is 5.32 Å². The lowest BCUT2D eigenvalue weighted by Gasteiger charge is -2.12. The summed E-state index contributed by atoms with van der Waals surface area (Å²) >= 11 is 0. The van der Waals surface area contributed by atoms with E-state index in [0.29, 0.717) is 22.9 Å². The van der Waals surface area contributed by atoms with Crippen LogP contribution >= 0.6 is 0 Å². The average Bonchev–Trinajstić information content (AvgIpc) is 3.16. The Balaban J connectivity index is 1.77. The molecular weight excluding hydrogens is 323 g/mol. The second-order valence-corrected chi connectivity index (χ2v) is 5.84. The Kier molecular flexibility index (Phi) is 4.51. The Morgan fingerprint density at radius 2 is 1.92 bits per heavy atom. The molecule has 0 aliphatic rings. The van der Waals surface area contributed by atoms with E-state index in [1.807, 2.05) is 13.8 Å². The molecule has 1 aromatic carbocycles. The minimum absolute atomic E-state index is 0.121. The van der Waals surface area contributed by atoms with E-state index < -0.39 is 6.03 Å². The molecule has 0 fully saturated rings. The van der Waals surface area contributed by atoms with E-state index in [0.717, 1.165) is 0 Å². The fraction of sp³-hybridized carbons (Fsp3) is 0.235. The van der Waals surface area contributed by atoms with Gasteiger partial charge in [-0.05, 0) is 32.9 Å². The van der Waals surface area contributed by atoms with Crippen LogP contribution in [0.2, 0.25) is 0 Å². The number of carbonyl (C=O) groups excluding carboxylic acids is 1. The SMILES string of the molecule is Cc1c(NC(=O)Nc2ccnn2C(C)C)cnn1-c1ccccc1F. The second kappa shape index (κ2) is 6.76. The molecule has 8 heteroatoms. The van der Waals surface area contributed by atoms with E-state index >= 15 is 0 Å². The highest BCUT2D eigenvalue weighted by atomic mass is 19.1. The van der Waals surface area contributed by atoms with Gasteiger partial charge in [0, 0.05) is 12.1 Å². The highest BCUT2D eigenvalue weighted by Crippen LogP contribution is 2.21. The van der Waals surface area contributed by atoms with Crippen molar-refractivity contribution in [3.8, 4) is 5.69 Å². The Morgan fingerprint density at radius 1 is 1.16 bits per heavy atom. The number of rotatable bonds is 4. The fourth-order valence-electron chi connectivity index (χ4n) is 2.49. The predicted octanol–water partition coefficient (Wildman–Crippen LogP) is 3.74. The second-order valence-electron chi connectivity index (χ2n) is 5.84. The molecule has 130 valence electrons. The van der Waals surface area contributed by atoms with Gasteiger partial charge in [-0.1, -0.05) is 12.1 Å². The Morgan fingerprint density at radius 3 is 2.64 bits per heavy atom. The van der Waals surface area contributed by atoms with Crippen molar-refractivity contribution in [1.29, 1.82) is 0 Å². The molecule has 0 atom stereocenters. The highest BCUT2D eigenvalue weighted by molar-refractivity contribution is 5.99. The molecule has 0 bridgehead atoms. The van der Waals surface area contributed by atoms with Crippen molar-refractivity contribution >= 4 is 17.5 Å². The molecule has 2 heterocycles. The molecule has 0 aliphatic heterocycles. The van der Waals surface area contributed by atoms with Crippen LogP contribution in [-0.4, -0.2) is 25.6 Å². The van der Waals surface area contributed by atoms with Crippen molar-refractivity contribution in [2.45, 2.75) is 26.8 Å². The molecule has 2 N–H and O–H groups in total. The lowest BCUT2D eigenvalue weighted by molar-refractivity contribution is 0.262. The largest absolute Gasteiger partial charge is 0.324 e. The van der Waals surface area contributed by atoms with Gasteiger partial charge in [0.05, 0.1) is 23.8 Å². The number of hydrogen-bond donors (Lipinski definition) is 2. The summed E-state index contributed by atoms with van der Waals surface area (Å²) in [5.74, 6) is 0.206. The van der Waals surface area contributed by atoms with Gasteiger partial charge in [0.15, 0.2) is 0 Å². The summed E-state index contributed by atoms with van der Waals surface area (Å²) in [5.41, 5.74) is 1.44. The molecule has 0 aliphatic carbocycles. The van der Waals surface area contributed by atoms with Crippen molar-refractivity contribution in [3.63, 3.8) is 0 Å². The standard InChI is InChI=1S/C17H19FN6O/c1-11(2)23-16(8-9-19-23)22-17(25)21-14-10-20-24(12(14)3)15-7-5-4-6-13(15)18/h4-11H,1-3H3,(H2,21,22,25). The van der Waals surface area contributed by atoms with Gasteiger partial charge in [0.2, 0.25) is 0 Å². The van der Waals surface area contributed by atoms with E-state index in [1.165, 1.54) is 16.9 Å². The summed E-state index contributed by atoms with van der Waals surface area (Å²) in [5, 5.41) is 13.8. The average molecular weight is 342 g/mol. The third kappa shape index (κ3) is 3.37. The summed E-state index contributed by atoms with van der Waals surface area (Å²) in [7, 11) is 0. The monoisotopic (exact) mass is 342 g/mol. The zero-order valence-corrected chi connectivity index (χ0v) is 14.2. The minimum Gasteiger partial charge on any atom is -0.305 e. The van der Waals surface area contributed by atoms with Crippen LogP contribution < -0.4 is 10.6 Å². The minimum atomic E-state index is -0.418. The van der Waals surface area contributed by atoms with Crippen LogP contribution in [0.1, 0.15) is 25.6 Å². The van der Waals surface area contributed by atoms with Gasteiger partial charge in [0.25, 0.3) is 0 Å². The van der Waals surface area contributed by atoms with Crippen LogP contribution in [0, 0.1) is 12.7 Å². The van der Waals surface area contributed by atoms with Crippen LogP contribution in [0.5, 0.6) is 0 Å². The summed E-state index contributed by atoms with van der Waals surface area (Å²) in [6.07, 6.45) is 3.11. The predicted molar refractivity (Wildman–Crippen MR) is 93.5 cm³/mol. The van der Waals surface area contributed by atoms with Gasteiger partial charge in [0.1, 0.15) is 17.3 Å². The summed E-state index contributed by atoms with van der Waals surface area (Å²) in [4.78, 5) is 12.2. The van der Waals surface area contributed by atoms with E-state index in [2.05, 4.69) is 20.8 Å². The molecule has 0 radical (unpaired) electrons. The first-order valence-corrected chi connectivity index (χ1v) is 7.88. The molecule has 2 amide bonds. The van der Waals surface area contributed by atoms with Gasteiger partial charge in [-0.2, -0.15) is 10.2 Å². The molecule has 0 spiro atoms. The van der Waals surface area contributed by atoms with Crippen molar-refractivity contribution < 1.29 is 9.18 Å². The number of aromatic nitrogens is 4.